The van der Waals surface area contributed by atoms with Gasteiger partial charge in [-0.1, -0.05) is 245 Å². The van der Waals surface area contributed by atoms with Crippen LogP contribution in [0.15, 0.2) is 0 Å². The minimum absolute atomic E-state index is 1.08. The molecule has 0 radical (unpaired) electrons. The predicted molar refractivity (Wildman–Crippen MR) is 260 cm³/mol. The molecule has 0 aromatic carbocycles. The van der Waals surface area contributed by atoms with E-state index >= 15 is 0 Å². The highest BCUT2D eigenvalue weighted by atomic mass is 79.9. The fraction of sp³-hybridized carbons (Fsp3) is 1.00. The summed E-state index contributed by atoms with van der Waals surface area (Å²) < 4.78 is 0. The Balaban J connectivity index is 4.80. The number of halogens is 6. The summed E-state index contributed by atoms with van der Waals surface area (Å²) >= 11 is 22.5. The van der Waals surface area contributed by atoms with Crippen molar-refractivity contribution in [2.45, 2.75) is 188 Å². The molecule has 0 rings (SSSR count). The first-order valence-electron chi connectivity index (χ1n) is 19.6. The lowest BCUT2D eigenvalue weighted by Crippen LogP contribution is -2.35. The highest BCUT2D eigenvalue weighted by Gasteiger charge is 2.34. The van der Waals surface area contributed by atoms with Crippen LogP contribution in [0.1, 0.15) is 64.2 Å². The van der Waals surface area contributed by atoms with Crippen molar-refractivity contribution in [2.75, 3.05) is 32.0 Å². The molecule has 0 unspecified atom stereocenters. The summed E-state index contributed by atoms with van der Waals surface area (Å²) in [5.74, 6) is 0. The van der Waals surface area contributed by atoms with Gasteiger partial charge in [-0.15, -0.1) is 0 Å². The number of rotatable bonds is 34. The zero-order chi connectivity index (χ0) is 35.7. The lowest BCUT2D eigenvalue weighted by molar-refractivity contribution is 0.878. The highest BCUT2D eigenvalue weighted by Crippen LogP contribution is 2.37. The molecule has 0 aromatic rings. The van der Waals surface area contributed by atoms with E-state index in [9.17, 15) is 0 Å². The van der Waals surface area contributed by atoms with Crippen LogP contribution in [-0.2, 0) is 0 Å². The van der Waals surface area contributed by atoms with Crippen molar-refractivity contribution in [3.8, 4) is 0 Å². The molecule has 0 atom stereocenters. The fourth-order valence-corrected chi connectivity index (χ4v) is 32.7. The largest absolute Gasteiger partial charge is 0.0928 e. The van der Waals surface area contributed by atoms with Crippen LogP contribution < -0.4 is 0 Å². The normalized spacial score (nSPS) is 13.5. The van der Waals surface area contributed by atoms with Gasteiger partial charge in [-0.2, -0.15) is 0 Å². The van der Waals surface area contributed by atoms with Crippen LogP contribution in [0.2, 0.25) is 124 Å². The highest BCUT2D eigenvalue weighted by molar-refractivity contribution is 9.10. The summed E-state index contributed by atoms with van der Waals surface area (Å²) in [6.45, 7) is 16.4. The van der Waals surface area contributed by atoms with Crippen LogP contribution in [0.4, 0.5) is 0 Å². The van der Waals surface area contributed by atoms with E-state index in [-0.39, 0.29) is 0 Å². The fourth-order valence-electron chi connectivity index (χ4n) is 8.50. The molecular weight excluding hydrogens is 1050 g/mol. The molecular formula is C36H78Br6Si5. The van der Waals surface area contributed by atoms with Gasteiger partial charge in [0.15, 0.2) is 0 Å². The summed E-state index contributed by atoms with van der Waals surface area (Å²) in [5, 5.41) is 7.16. The lowest BCUT2D eigenvalue weighted by Gasteiger charge is -2.34. The topological polar surface area (TPSA) is 0 Å². The van der Waals surface area contributed by atoms with Gasteiger partial charge in [-0.05, 0) is 38.5 Å². The van der Waals surface area contributed by atoms with Crippen molar-refractivity contribution < 1.29 is 0 Å². The third kappa shape index (κ3) is 26.4. The average molecular weight is 1130 g/mol. The molecule has 0 aliphatic rings. The Bertz CT molecular complexity index is 639. The Hall–Kier alpha value is 3.96. The number of hydrogen-bond acceptors (Lipinski definition) is 0. The molecule has 0 aliphatic carbocycles. The van der Waals surface area contributed by atoms with E-state index in [1.807, 2.05) is 0 Å². The number of hydrogen-bond donors (Lipinski definition) is 0. The van der Waals surface area contributed by atoms with Crippen LogP contribution in [0.5, 0.6) is 0 Å². The van der Waals surface area contributed by atoms with Gasteiger partial charge < -0.3 is 0 Å². The molecule has 0 amide bonds. The summed E-state index contributed by atoms with van der Waals surface area (Å²) in [7, 11) is -5.57. The molecule has 0 spiro atoms. The molecule has 0 nitrogen and oxygen atoms in total. The van der Waals surface area contributed by atoms with E-state index in [4.69, 9.17) is 0 Å². The summed E-state index contributed by atoms with van der Waals surface area (Å²) in [6.07, 6.45) is 14.5. The maximum atomic E-state index is 3.76. The van der Waals surface area contributed by atoms with E-state index in [1.165, 1.54) is 96.2 Å². The van der Waals surface area contributed by atoms with Gasteiger partial charge in [0, 0.05) is 56.2 Å². The first-order valence-corrected chi connectivity index (χ1v) is 42.2. The van der Waals surface area contributed by atoms with Gasteiger partial charge in [0.25, 0.3) is 0 Å². The van der Waals surface area contributed by atoms with Crippen LogP contribution in [0, 0.1) is 0 Å². The van der Waals surface area contributed by atoms with Gasteiger partial charge in [0.05, 0.1) is 16.1 Å². The third-order valence-corrected chi connectivity index (χ3v) is 36.5. The quantitative estimate of drug-likeness (QED) is 0.0445. The third-order valence-electron chi connectivity index (χ3n) is 11.6. The van der Waals surface area contributed by atoms with E-state index < -0.39 is 40.4 Å². The van der Waals surface area contributed by atoms with Crippen molar-refractivity contribution in [3.05, 3.63) is 0 Å². The van der Waals surface area contributed by atoms with Crippen molar-refractivity contribution in [2.24, 2.45) is 0 Å². The molecule has 0 fully saturated rings. The van der Waals surface area contributed by atoms with Crippen molar-refractivity contribution in [1.82, 2.24) is 0 Å². The van der Waals surface area contributed by atoms with Gasteiger partial charge in [0.1, 0.15) is 0 Å². The number of alkyl halides is 6. The molecule has 0 saturated carbocycles. The first kappa shape index (κ1) is 51.0. The maximum absolute atomic E-state index is 3.76. The minimum Gasteiger partial charge on any atom is -0.0928 e. The molecule has 284 valence electrons. The Morgan fingerprint density at radius 2 is 0.383 bits per heavy atom. The summed E-state index contributed by atoms with van der Waals surface area (Å²) in [4.78, 5) is 0. The maximum Gasteiger partial charge on any atom is 0.0536 e. The standard InChI is InChI=1S/C36H78Br6Si5/c1-43(2,23-13-25-44(3,4)27-15-35-46(29-7-17-37,30-8-18-38)31-9-19-39)24-14-26-45(5,6)28-16-36-47(32-10-20-40,33-11-21-41)34-12-22-42/h7-36H2,1-6H3. The van der Waals surface area contributed by atoms with Crippen molar-refractivity contribution >= 4 is 136 Å². The predicted octanol–water partition coefficient (Wildman–Crippen LogP) is 17.3. The smallest absolute Gasteiger partial charge is 0.0536 e. The molecule has 11 heteroatoms. The Morgan fingerprint density at radius 1 is 0.234 bits per heavy atom. The van der Waals surface area contributed by atoms with Crippen LogP contribution in [-0.4, -0.2) is 72.3 Å². The minimum atomic E-state index is -1.15. The van der Waals surface area contributed by atoms with Gasteiger partial charge in [-0.3, -0.25) is 0 Å². The second kappa shape index (κ2) is 29.3. The van der Waals surface area contributed by atoms with E-state index in [2.05, 4.69) is 135 Å². The van der Waals surface area contributed by atoms with Crippen LogP contribution in [0.25, 0.3) is 0 Å². The Kier molecular flexibility index (Phi) is 31.7. The van der Waals surface area contributed by atoms with Crippen molar-refractivity contribution in [3.63, 3.8) is 0 Å². The SMILES string of the molecule is C[Si](C)(CCC[Si](C)(C)CCC[Si](CCCBr)(CCCBr)CCCBr)CCC[Si](C)(C)CCC[Si](CCCBr)(CCCBr)CCCBr. The molecule has 0 bridgehead atoms. The van der Waals surface area contributed by atoms with Gasteiger partial charge in [0.2, 0.25) is 0 Å². The Labute approximate surface area is 352 Å². The second-order valence-electron chi connectivity index (χ2n) is 17.7. The second-order valence-corrected chi connectivity index (χ2v) is 48.4. The van der Waals surface area contributed by atoms with Gasteiger partial charge >= 0.3 is 0 Å². The average Bonchev–Trinajstić information content (AvgIpc) is 3.01. The lowest BCUT2D eigenvalue weighted by atomic mass is 10.5. The zero-order valence-electron chi connectivity index (χ0n) is 32.0. The van der Waals surface area contributed by atoms with E-state index in [0.29, 0.717) is 0 Å². The molecule has 47 heavy (non-hydrogen) atoms. The molecule has 0 aromatic heterocycles. The van der Waals surface area contributed by atoms with E-state index in [0.717, 1.165) is 0 Å². The monoisotopic (exact) mass is 1120 g/mol. The van der Waals surface area contributed by atoms with Crippen LogP contribution >= 0.6 is 95.6 Å². The van der Waals surface area contributed by atoms with E-state index in [1.54, 1.807) is 84.6 Å². The van der Waals surface area contributed by atoms with Gasteiger partial charge in [-0.25, -0.2) is 0 Å². The van der Waals surface area contributed by atoms with Crippen LogP contribution in [0.3, 0.4) is 0 Å². The summed E-state index contributed by atoms with van der Waals surface area (Å²) in [6, 6.07) is 22.0. The molecule has 0 aliphatic heterocycles. The Morgan fingerprint density at radius 3 is 0.553 bits per heavy atom. The molecule has 0 saturated heterocycles. The first-order chi connectivity index (χ1) is 22.2. The zero-order valence-corrected chi connectivity index (χ0v) is 46.5. The summed E-state index contributed by atoms with van der Waals surface area (Å²) in [5.41, 5.74) is 0. The molecule has 0 N–H and O–H groups in total. The molecule has 0 heterocycles. The van der Waals surface area contributed by atoms with Crippen molar-refractivity contribution in [1.29, 1.82) is 0 Å².